The molecule has 1 radical (unpaired) electrons. The van der Waals surface area contributed by atoms with Crippen molar-refractivity contribution >= 4 is 0 Å². The van der Waals surface area contributed by atoms with Gasteiger partial charge in [0, 0.05) is 6.61 Å². The Bertz CT molecular complexity index is 65.3. The summed E-state index contributed by atoms with van der Waals surface area (Å²) in [6, 6.07) is 0. The van der Waals surface area contributed by atoms with E-state index < -0.39 is 0 Å². The van der Waals surface area contributed by atoms with E-state index in [4.69, 9.17) is 4.74 Å². The van der Waals surface area contributed by atoms with Crippen molar-refractivity contribution in [3.8, 4) is 0 Å². The minimum atomic E-state index is 0.470. The van der Waals surface area contributed by atoms with Gasteiger partial charge in [-0.25, -0.2) is 0 Å². The van der Waals surface area contributed by atoms with Crippen LogP contribution in [-0.2, 0) is 4.74 Å². The molecule has 0 spiro atoms. The van der Waals surface area contributed by atoms with Gasteiger partial charge in [-0.05, 0) is 19.8 Å². The van der Waals surface area contributed by atoms with Gasteiger partial charge in [0.1, 0.15) is 0 Å². The molecule has 0 fully saturated rings. The third kappa shape index (κ3) is 6.36. The Morgan fingerprint density at radius 1 is 1.18 bits per heavy atom. The summed E-state index contributed by atoms with van der Waals surface area (Å²) in [4.78, 5) is 0. The van der Waals surface area contributed by atoms with Gasteiger partial charge in [-0.15, -0.1) is 0 Å². The molecule has 0 amide bonds. The Hall–Kier alpha value is -0.0400. The molecule has 1 nitrogen and oxygen atoms in total. The molecule has 0 aromatic rings. The predicted octanol–water partition coefficient (Wildman–Crippen LogP) is 3.20. The van der Waals surface area contributed by atoms with Gasteiger partial charge < -0.3 is 4.74 Å². The lowest BCUT2D eigenvalue weighted by molar-refractivity contribution is 0.0582. The van der Waals surface area contributed by atoms with E-state index in [1.165, 1.54) is 32.1 Å². The second-order valence-corrected chi connectivity index (χ2v) is 2.92. The fourth-order valence-corrected chi connectivity index (χ4v) is 1.23. The van der Waals surface area contributed by atoms with Crippen molar-refractivity contribution in [1.82, 2.24) is 0 Å². The first-order valence-electron chi connectivity index (χ1n) is 4.76. The van der Waals surface area contributed by atoms with Crippen molar-refractivity contribution in [3.63, 3.8) is 0 Å². The summed E-state index contributed by atoms with van der Waals surface area (Å²) in [7, 11) is 0. The largest absolute Gasteiger partial charge is 0.378 e. The zero-order chi connectivity index (χ0) is 8.53. The molecular formula is C10H21O. The van der Waals surface area contributed by atoms with Gasteiger partial charge >= 0.3 is 0 Å². The lowest BCUT2D eigenvalue weighted by atomic mass is 10.1. The Balaban J connectivity index is 3.34. The standard InChI is InChI=1S/C10H21O/c1-4-7-9-10(8-5-2)11-6-3/h10H,3-9H2,1-2H3. The van der Waals surface area contributed by atoms with E-state index in [1.807, 2.05) is 0 Å². The molecule has 0 rings (SSSR count). The van der Waals surface area contributed by atoms with Crippen molar-refractivity contribution in [1.29, 1.82) is 0 Å². The normalized spacial score (nSPS) is 13.4. The Morgan fingerprint density at radius 3 is 2.36 bits per heavy atom. The highest BCUT2D eigenvalue weighted by Gasteiger charge is 2.04. The van der Waals surface area contributed by atoms with E-state index in [1.54, 1.807) is 0 Å². The third-order valence-electron chi connectivity index (χ3n) is 1.84. The quantitative estimate of drug-likeness (QED) is 0.551. The summed E-state index contributed by atoms with van der Waals surface area (Å²) in [5, 5.41) is 0. The average Bonchev–Trinajstić information content (AvgIpc) is 2.01. The first-order valence-corrected chi connectivity index (χ1v) is 4.76. The maximum absolute atomic E-state index is 5.47. The van der Waals surface area contributed by atoms with Crippen LogP contribution in [0.2, 0.25) is 0 Å². The summed E-state index contributed by atoms with van der Waals surface area (Å²) in [6.07, 6.45) is 6.63. The molecule has 0 heterocycles. The summed E-state index contributed by atoms with van der Waals surface area (Å²) in [6.45, 7) is 8.73. The van der Waals surface area contributed by atoms with Crippen LogP contribution in [-0.4, -0.2) is 12.7 Å². The van der Waals surface area contributed by atoms with E-state index in [-0.39, 0.29) is 0 Å². The molecule has 67 valence electrons. The minimum absolute atomic E-state index is 0.470. The van der Waals surface area contributed by atoms with Crippen LogP contribution >= 0.6 is 0 Å². The number of hydrogen-bond donors (Lipinski definition) is 0. The fraction of sp³-hybridized carbons (Fsp3) is 0.900. The molecule has 0 aliphatic rings. The average molecular weight is 157 g/mol. The highest BCUT2D eigenvalue weighted by Crippen LogP contribution is 2.10. The third-order valence-corrected chi connectivity index (χ3v) is 1.84. The number of ether oxygens (including phenoxy) is 1. The summed E-state index contributed by atoms with van der Waals surface area (Å²) >= 11 is 0. The van der Waals surface area contributed by atoms with Gasteiger partial charge in [-0.3, -0.25) is 0 Å². The number of hydrogen-bond acceptors (Lipinski definition) is 1. The maximum Gasteiger partial charge on any atom is 0.0575 e. The maximum atomic E-state index is 5.47. The second-order valence-electron chi connectivity index (χ2n) is 2.92. The smallest absolute Gasteiger partial charge is 0.0575 e. The Morgan fingerprint density at radius 2 is 1.91 bits per heavy atom. The van der Waals surface area contributed by atoms with Crippen molar-refractivity contribution in [2.75, 3.05) is 6.61 Å². The molecule has 0 aromatic carbocycles. The molecule has 0 saturated carbocycles. The van der Waals surface area contributed by atoms with Crippen LogP contribution in [0.3, 0.4) is 0 Å². The zero-order valence-electron chi connectivity index (χ0n) is 7.94. The van der Waals surface area contributed by atoms with E-state index in [9.17, 15) is 0 Å². The fourth-order valence-electron chi connectivity index (χ4n) is 1.23. The van der Waals surface area contributed by atoms with Gasteiger partial charge in [0.15, 0.2) is 0 Å². The lowest BCUT2D eigenvalue weighted by Gasteiger charge is -2.15. The van der Waals surface area contributed by atoms with Crippen molar-refractivity contribution in [3.05, 3.63) is 6.92 Å². The van der Waals surface area contributed by atoms with Crippen molar-refractivity contribution < 1.29 is 4.74 Å². The molecule has 0 saturated heterocycles. The molecule has 1 unspecified atom stereocenters. The van der Waals surface area contributed by atoms with Crippen LogP contribution in [0.25, 0.3) is 0 Å². The Labute approximate surface area is 71.1 Å². The summed E-state index contributed by atoms with van der Waals surface area (Å²) < 4.78 is 5.47. The van der Waals surface area contributed by atoms with Crippen molar-refractivity contribution in [2.24, 2.45) is 0 Å². The summed E-state index contributed by atoms with van der Waals surface area (Å²) in [5.74, 6) is 0. The van der Waals surface area contributed by atoms with Crippen molar-refractivity contribution in [2.45, 2.75) is 52.1 Å². The topological polar surface area (TPSA) is 9.23 Å². The molecule has 0 aromatic heterocycles. The molecule has 0 aliphatic carbocycles. The molecule has 0 N–H and O–H groups in total. The van der Waals surface area contributed by atoms with Crippen LogP contribution in [0.1, 0.15) is 46.0 Å². The molecule has 1 heteroatoms. The van der Waals surface area contributed by atoms with E-state index in [2.05, 4.69) is 20.8 Å². The molecule has 11 heavy (non-hydrogen) atoms. The van der Waals surface area contributed by atoms with E-state index in [0.29, 0.717) is 12.7 Å². The number of unbranched alkanes of at least 4 members (excludes halogenated alkanes) is 1. The molecular weight excluding hydrogens is 136 g/mol. The summed E-state index contributed by atoms with van der Waals surface area (Å²) in [5.41, 5.74) is 0. The van der Waals surface area contributed by atoms with E-state index >= 15 is 0 Å². The van der Waals surface area contributed by atoms with Gasteiger partial charge in [0.2, 0.25) is 0 Å². The molecule has 0 bridgehead atoms. The van der Waals surface area contributed by atoms with Gasteiger partial charge in [-0.2, -0.15) is 0 Å². The van der Waals surface area contributed by atoms with E-state index in [0.717, 1.165) is 0 Å². The molecule has 0 aliphatic heterocycles. The van der Waals surface area contributed by atoms with Gasteiger partial charge in [0.05, 0.1) is 6.10 Å². The minimum Gasteiger partial charge on any atom is -0.378 e. The first-order chi connectivity index (χ1) is 5.35. The Kier molecular flexibility index (Phi) is 8.03. The monoisotopic (exact) mass is 157 g/mol. The van der Waals surface area contributed by atoms with Crippen LogP contribution in [0.4, 0.5) is 0 Å². The van der Waals surface area contributed by atoms with Crippen LogP contribution in [0.15, 0.2) is 0 Å². The zero-order valence-corrected chi connectivity index (χ0v) is 7.94. The second kappa shape index (κ2) is 8.06. The van der Waals surface area contributed by atoms with Crippen LogP contribution in [0.5, 0.6) is 0 Å². The number of rotatable bonds is 7. The van der Waals surface area contributed by atoms with Crippen LogP contribution < -0.4 is 0 Å². The first kappa shape index (κ1) is 11.0. The lowest BCUT2D eigenvalue weighted by Crippen LogP contribution is -2.12. The van der Waals surface area contributed by atoms with Crippen LogP contribution in [0, 0.1) is 6.92 Å². The van der Waals surface area contributed by atoms with Gasteiger partial charge in [0.25, 0.3) is 0 Å². The predicted molar refractivity (Wildman–Crippen MR) is 49.5 cm³/mol. The highest BCUT2D eigenvalue weighted by atomic mass is 16.5. The van der Waals surface area contributed by atoms with Gasteiger partial charge in [-0.1, -0.05) is 33.1 Å². The SMILES string of the molecule is [CH2]COC(CCC)CCCC. The highest BCUT2D eigenvalue weighted by molar-refractivity contribution is 4.57. The molecule has 1 atom stereocenters.